The van der Waals surface area contributed by atoms with Gasteiger partial charge in [0.15, 0.2) is 0 Å². The maximum absolute atomic E-state index is 5.25. The van der Waals surface area contributed by atoms with Crippen LogP contribution in [0.4, 0.5) is 0 Å². The molecule has 1 aliphatic carbocycles. The third-order valence-corrected chi connectivity index (χ3v) is 11.3. The predicted molar refractivity (Wildman–Crippen MR) is 217 cm³/mol. The Kier molecular flexibility index (Phi) is 6.01. The van der Waals surface area contributed by atoms with Crippen molar-refractivity contribution in [3.63, 3.8) is 0 Å². The Morgan fingerprint density at radius 1 is 0.462 bits per heavy atom. The Morgan fingerprint density at radius 2 is 1.10 bits per heavy atom. The molecule has 0 bridgehead atoms. The van der Waals surface area contributed by atoms with Crippen LogP contribution in [0.15, 0.2) is 164 Å². The minimum atomic E-state index is -0.153. The number of para-hydroxylation sites is 2. The Bertz CT molecular complexity index is 3100. The van der Waals surface area contributed by atoms with Gasteiger partial charge in [-0.15, -0.1) is 0 Å². The van der Waals surface area contributed by atoms with Crippen molar-refractivity contribution in [3.8, 4) is 39.3 Å². The Hall–Kier alpha value is -6.58. The van der Waals surface area contributed by atoms with E-state index in [1.165, 1.54) is 65.6 Å². The predicted octanol–water partition coefficient (Wildman–Crippen LogP) is 12.7. The summed E-state index contributed by atoms with van der Waals surface area (Å²) in [5.74, 6) is 0. The molecule has 0 N–H and O–H groups in total. The van der Waals surface area contributed by atoms with Crippen LogP contribution in [0.3, 0.4) is 0 Å². The van der Waals surface area contributed by atoms with Crippen molar-refractivity contribution in [2.24, 2.45) is 0 Å². The summed E-state index contributed by atoms with van der Waals surface area (Å²) in [6.45, 7) is 4.76. The Labute approximate surface area is 301 Å². The standard InChI is InChI=1S/C49H33N3/c1-49(2)39-25-23-30-13-6-8-19-35(30)45(39)37-28-38-44(29-40(37)49)52(43-26-24-31-14-7-9-20-36(31)46(38)43)34-18-12-17-33(27-34)48-47(32-15-4-3-5-16-32)50-41-21-10-11-22-42(41)51-48/h3-29H,1-2H3. The van der Waals surface area contributed by atoms with Gasteiger partial charge in [-0.1, -0.05) is 135 Å². The van der Waals surface area contributed by atoms with E-state index in [0.29, 0.717) is 0 Å². The lowest BCUT2D eigenvalue weighted by Gasteiger charge is -2.22. The van der Waals surface area contributed by atoms with Crippen molar-refractivity contribution in [3.05, 3.63) is 175 Å². The van der Waals surface area contributed by atoms with Crippen LogP contribution in [-0.4, -0.2) is 14.5 Å². The molecule has 0 saturated carbocycles. The molecule has 2 aromatic heterocycles. The average molecular weight is 664 g/mol. The van der Waals surface area contributed by atoms with E-state index >= 15 is 0 Å². The van der Waals surface area contributed by atoms with E-state index < -0.39 is 0 Å². The van der Waals surface area contributed by atoms with E-state index in [4.69, 9.17) is 9.97 Å². The number of hydrogen-bond acceptors (Lipinski definition) is 2. The van der Waals surface area contributed by atoms with Crippen LogP contribution in [0.5, 0.6) is 0 Å². The molecule has 0 amide bonds. The first-order valence-corrected chi connectivity index (χ1v) is 18.0. The number of rotatable bonds is 3. The van der Waals surface area contributed by atoms with E-state index in [-0.39, 0.29) is 5.41 Å². The molecular formula is C49H33N3. The molecule has 0 saturated heterocycles. The molecule has 0 radical (unpaired) electrons. The van der Waals surface area contributed by atoms with Crippen LogP contribution in [0.2, 0.25) is 0 Å². The summed E-state index contributed by atoms with van der Waals surface area (Å²) in [4.78, 5) is 10.4. The second-order valence-electron chi connectivity index (χ2n) is 14.6. The van der Waals surface area contributed by atoms with E-state index in [9.17, 15) is 0 Å². The third kappa shape index (κ3) is 4.08. The summed E-state index contributed by atoms with van der Waals surface area (Å²) in [6, 6.07) is 59.2. The first kappa shape index (κ1) is 29.2. The molecule has 52 heavy (non-hydrogen) atoms. The fraction of sp³-hybridized carbons (Fsp3) is 0.0612. The van der Waals surface area contributed by atoms with Crippen LogP contribution in [-0.2, 0) is 5.41 Å². The largest absolute Gasteiger partial charge is 0.309 e. The van der Waals surface area contributed by atoms with E-state index in [1.807, 2.05) is 30.3 Å². The SMILES string of the molecule is CC1(C)c2cc3c(cc2-c2c1ccc1ccccc21)c1c2ccccc2ccc1n3-c1cccc(-c2nc3ccccc3nc2-c2ccccc2)c1. The maximum atomic E-state index is 5.25. The summed E-state index contributed by atoms with van der Waals surface area (Å²) >= 11 is 0. The molecule has 10 aromatic rings. The molecule has 3 heteroatoms. The molecule has 244 valence electrons. The topological polar surface area (TPSA) is 30.7 Å². The highest BCUT2D eigenvalue weighted by molar-refractivity contribution is 6.23. The molecular weight excluding hydrogens is 631 g/mol. The lowest BCUT2D eigenvalue weighted by atomic mass is 9.82. The van der Waals surface area contributed by atoms with Crippen molar-refractivity contribution < 1.29 is 0 Å². The molecule has 2 heterocycles. The van der Waals surface area contributed by atoms with Crippen LogP contribution >= 0.6 is 0 Å². The van der Waals surface area contributed by atoms with Gasteiger partial charge in [0.2, 0.25) is 0 Å². The molecule has 0 atom stereocenters. The second kappa shape index (κ2) is 10.7. The van der Waals surface area contributed by atoms with Gasteiger partial charge in [-0.3, -0.25) is 0 Å². The van der Waals surface area contributed by atoms with Gasteiger partial charge in [-0.05, 0) is 86.3 Å². The van der Waals surface area contributed by atoms with Crippen LogP contribution < -0.4 is 0 Å². The summed E-state index contributed by atoms with van der Waals surface area (Å²) < 4.78 is 2.47. The highest BCUT2D eigenvalue weighted by atomic mass is 15.0. The summed E-state index contributed by atoms with van der Waals surface area (Å²) in [5.41, 5.74) is 14.4. The zero-order valence-corrected chi connectivity index (χ0v) is 28.9. The van der Waals surface area contributed by atoms with Gasteiger partial charge in [-0.2, -0.15) is 0 Å². The van der Waals surface area contributed by atoms with Crippen molar-refractivity contribution >= 4 is 54.4 Å². The van der Waals surface area contributed by atoms with Crippen molar-refractivity contribution in [2.75, 3.05) is 0 Å². The Balaban J connectivity index is 1.22. The maximum Gasteiger partial charge on any atom is 0.0973 e. The third-order valence-electron chi connectivity index (χ3n) is 11.3. The first-order valence-electron chi connectivity index (χ1n) is 18.0. The molecule has 1 aliphatic rings. The highest BCUT2D eigenvalue weighted by Gasteiger charge is 2.37. The minimum Gasteiger partial charge on any atom is -0.309 e. The van der Waals surface area contributed by atoms with E-state index in [1.54, 1.807) is 0 Å². The zero-order valence-electron chi connectivity index (χ0n) is 28.9. The number of hydrogen-bond donors (Lipinski definition) is 0. The first-order chi connectivity index (χ1) is 25.5. The summed E-state index contributed by atoms with van der Waals surface area (Å²) in [6.07, 6.45) is 0. The smallest absolute Gasteiger partial charge is 0.0973 e. The van der Waals surface area contributed by atoms with E-state index in [2.05, 4.69) is 152 Å². The fourth-order valence-corrected chi connectivity index (χ4v) is 8.85. The monoisotopic (exact) mass is 663 g/mol. The molecule has 0 unspecified atom stereocenters. The van der Waals surface area contributed by atoms with Crippen LogP contribution in [0.25, 0.3) is 93.7 Å². The van der Waals surface area contributed by atoms with E-state index in [0.717, 1.165) is 39.2 Å². The van der Waals surface area contributed by atoms with Crippen molar-refractivity contribution in [1.29, 1.82) is 0 Å². The molecule has 0 fully saturated rings. The number of nitrogens with zero attached hydrogens (tertiary/aromatic N) is 3. The summed E-state index contributed by atoms with van der Waals surface area (Å²) in [7, 11) is 0. The van der Waals surface area contributed by atoms with Gasteiger partial charge < -0.3 is 4.57 Å². The Morgan fingerprint density at radius 3 is 1.88 bits per heavy atom. The molecule has 8 aromatic carbocycles. The van der Waals surface area contributed by atoms with Crippen molar-refractivity contribution in [1.82, 2.24) is 14.5 Å². The highest BCUT2D eigenvalue weighted by Crippen LogP contribution is 2.53. The normalized spacial score (nSPS) is 13.3. The van der Waals surface area contributed by atoms with Gasteiger partial charge in [0, 0.05) is 33.0 Å². The average Bonchev–Trinajstić information content (AvgIpc) is 3.65. The number of fused-ring (bicyclic) bond motifs is 11. The number of aromatic nitrogens is 3. The molecule has 11 rings (SSSR count). The zero-order chi connectivity index (χ0) is 34.6. The fourth-order valence-electron chi connectivity index (χ4n) is 8.85. The number of benzene rings is 8. The quantitative estimate of drug-likeness (QED) is 0.188. The van der Waals surface area contributed by atoms with Gasteiger partial charge in [0.05, 0.1) is 33.5 Å². The minimum absolute atomic E-state index is 0.153. The van der Waals surface area contributed by atoms with Gasteiger partial charge >= 0.3 is 0 Å². The van der Waals surface area contributed by atoms with Gasteiger partial charge in [-0.25, -0.2) is 9.97 Å². The van der Waals surface area contributed by atoms with Gasteiger partial charge in [0.1, 0.15) is 0 Å². The van der Waals surface area contributed by atoms with Gasteiger partial charge in [0.25, 0.3) is 0 Å². The summed E-state index contributed by atoms with van der Waals surface area (Å²) in [5, 5.41) is 7.65. The lowest BCUT2D eigenvalue weighted by Crippen LogP contribution is -2.15. The second-order valence-corrected chi connectivity index (χ2v) is 14.6. The van der Waals surface area contributed by atoms with Crippen molar-refractivity contribution in [2.45, 2.75) is 19.3 Å². The molecule has 0 spiro atoms. The van der Waals surface area contributed by atoms with Crippen LogP contribution in [0.1, 0.15) is 25.0 Å². The molecule has 3 nitrogen and oxygen atoms in total. The molecule has 0 aliphatic heterocycles. The lowest BCUT2D eigenvalue weighted by molar-refractivity contribution is 0.661. The van der Waals surface area contributed by atoms with Crippen LogP contribution in [0, 0.1) is 0 Å².